The third kappa shape index (κ3) is 6.47. The molecule has 0 aliphatic carbocycles. The van der Waals surface area contributed by atoms with E-state index in [2.05, 4.69) is 0 Å². The summed E-state index contributed by atoms with van der Waals surface area (Å²) < 4.78 is 49.7. The Morgan fingerprint density at radius 3 is 2.02 bits per heavy atom. The lowest BCUT2D eigenvalue weighted by atomic mass is 9.90. The van der Waals surface area contributed by atoms with Gasteiger partial charge in [-0.1, -0.05) is 72.8 Å². The number of hydrogen-bond donors (Lipinski definition) is 0. The quantitative estimate of drug-likeness (QED) is 0.183. The Bertz CT molecular complexity index is 1620. The van der Waals surface area contributed by atoms with Crippen molar-refractivity contribution in [3.05, 3.63) is 156 Å². The Labute approximate surface area is 232 Å². The Balaban J connectivity index is 1.45. The van der Waals surface area contributed by atoms with Crippen molar-refractivity contribution < 1.29 is 26.2 Å². The summed E-state index contributed by atoms with van der Waals surface area (Å²) >= 11 is 0. The van der Waals surface area contributed by atoms with Gasteiger partial charge < -0.3 is 13.5 Å². The summed E-state index contributed by atoms with van der Waals surface area (Å²) in [5, 5.41) is 0. The van der Waals surface area contributed by atoms with Crippen molar-refractivity contribution in [2.24, 2.45) is 0 Å². The molecule has 0 saturated carbocycles. The highest BCUT2D eigenvalue weighted by Crippen LogP contribution is 2.29. The lowest BCUT2D eigenvalue weighted by Crippen LogP contribution is -2.34. The minimum atomic E-state index is -4.18. The van der Waals surface area contributed by atoms with Crippen LogP contribution in [0.15, 0.2) is 137 Å². The maximum Gasteiger partial charge on any atom is 0.339 e. The maximum absolute atomic E-state index is 14.2. The first-order chi connectivity index (χ1) is 19.4. The van der Waals surface area contributed by atoms with Crippen LogP contribution in [0.2, 0.25) is 0 Å². The summed E-state index contributed by atoms with van der Waals surface area (Å²) in [7, 11) is -4.18. The number of nitrogens with zero attached hydrogens (tertiary/aromatic N) is 1. The van der Waals surface area contributed by atoms with E-state index in [1.165, 1.54) is 6.07 Å². The summed E-state index contributed by atoms with van der Waals surface area (Å²) in [4.78, 5) is 15.7. The van der Waals surface area contributed by atoms with Crippen molar-refractivity contribution in [2.75, 3.05) is 0 Å². The second-order valence-corrected chi connectivity index (χ2v) is 10.7. The topological polar surface area (TPSA) is 76.8 Å². The minimum Gasteiger partial charge on any atom is -0.467 e. The van der Waals surface area contributed by atoms with Gasteiger partial charge in [0.2, 0.25) is 5.91 Å². The van der Waals surface area contributed by atoms with E-state index in [1.807, 2.05) is 60.7 Å². The molecule has 0 spiro atoms. The first-order valence-electron chi connectivity index (χ1n) is 12.6. The van der Waals surface area contributed by atoms with Gasteiger partial charge in [-0.15, -0.1) is 0 Å². The molecule has 0 bridgehead atoms. The third-order valence-corrected chi connectivity index (χ3v) is 7.59. The Hall–Kier alpha value is -4.69. The van der Waals surface area contributed by atoms with E-state index in [1.54, 1.807) is 41.5 Å². The molecular weight excluding hydrogens is 529 g/mol. The molecule has 1 heterocycles. The third-order valence-electron chi connectivity index (χ3n) is 6.33. The number of benzene rings is 4. The van der Waals surface area contributed by atoms with Crippen molar-refractivity contribution in [3.8, 4) is 5.75 Å². The van der Waals surface area contributed by atoms with Crippen molar-refractivity contribution >= 4 is 16.0 Å². The lowest BCUT2D eigenvalue weighted by molar-refractivity contribution is -0.133. The van der Waals surface area contributed by atoms with Crippen LogP contribution in [0.1, 0.15) is 28.4 Å². The Kier molecular flexibility index (Phi) is 8.07. The summed E-state index contributed by atoms with van der Waals surface area (Å²) in [5.74, 6) is -0.560. The van der Waals surface area contributed by atoms with E-state index in [4.69, 9.17) is 8.60 Å². The van der Waals surface area contributed by atoms with E-state index in [9.17, 15) is 17.6 Å². The Morgan fingerprint density at radius 2 is 1.43 bits per heavy atom. The largest absolute Gasteiger partial charge is 0.467 e. The number of furan rings is 1. The molecule has 0 saturated heterocycles. The molecule has 5 rings (SSSR count). The van der Waals surface area contributed by atoms with Crippen LogP contribution in [-0.2, 0) is 28.0 Å². The van der Waals surface area contributed by atoms with Crippen LogP contribution in [-0.4, -0.2) is 19.2 Å². The zero-order valence-electron chi connectivity index (χ0n) is 21.4. The molecule has 0 aliphatic rings. The molecule has 1 amide bonds. The lowest BCUT2D eigenvalue weighted by Gasteiger charge is -2.28. The van der Waals surface area contributed by atoms with E-state index >= 15 is 0 Å². The molecule has 40 heavy (non-hydrogen) atoms. The minimum absolute atomic E-state index is 0.0786. The first kappa shape index (κ1) is 26.9. The number of amides is 1. The molecule has 202 valence electrons. The van der Waals surface area contributed by atoms with E-state index in [-0.39, 0.29) is 29.6 Å². The summed E-state index contributed by atoms with van der Waals surface area (Å²) in [5.41, 5.74) is 2.36. The number of halogens is 1. The van der Waals surface area contributed by atoms with Crippen molar-refractivity contribution in [2.45, 2.75) is 23.9 Å². The van der Waals surface area contributed by atoms with Gasteiger partial charge in [0.05, 0.1) is 18.7 Å². The molecule has 4 aromatic carbocycles. The van der Waals surface area contributed by atoms with Crippen molar-refractivity contribution in [1.29, 1.82) is 0 Å². The number of carbonyl (C=O) groups excluding carboxylic acids is 1. The molecule has 0 fully saturated rings. The van der Waals surface area contributed by atoms with Gasteiger partial charge in [0.15, 0.2) is 0 Å². The monoisotopic (exact) mass is 555 g/mol. The van der Waals surface area contributed by atoms with E-state index in [0.29, 0.717) is 11.3 Å². The van der Waals surface area contributed by atoms with Gasteiger partial charge in [-0.3, -0.25) is 4.79 Å². The molecule has 0 atom stereocenters. The fraction of sp³-hybridized carbons (Fsp3) is 0.0938. The van der Waals surface area contributed by atoms with Gasteiger partial charge in [-0.25, -0.2) is 4.39 Å². The molecule has 0 N–H and O–H groups in total. The second-order valence-electron chi connectivity index (χ2n) is 9.17. The van der Waals surface area contributed by atoms with E-state index < -0.39 is 21.9 Å². The first-order valence-corrected chi connectivity index (χ1v) is 14.0. The normalized spacial score (nSPS) is 11.3. The molecule has 0 unspecified atom stereocenters. The molecule has 0 radical (unpaired) electrons. The Morgan fingerprint density at radius 1 is 0.775 bits per heavy atom. The molecule has 8 heteroatoms. The van der Waals surface area contributed by atoms with Crippen LogP contribution in [0.4, 0.5) is 4.39 Å². The van der Waals surface area contributed by atoms with Crippen LogP contribution in [0, 0.1) is 5.82 Å². The average molecular weight is 556 g/mol. The highest BCUT2D eigenvalue weighted by molar-refractivity contribution is 7.87. The number of hydrogen-bond acceptors (Lipinski definition) is 5. The zero-order chi connectivity index (χ0) is 28.0. The fourth-order valence-corrected chi connectivity index (χ4v) is 5.37. The SMILES string of the molecule is O=C(C(c1ccccc1)c1ccccc1)N(Cc1cccc(OS(=O)(=O)c2ccc(F)cc2)c1)Cc1ccco1. The smallest absolute Gasteiger partial charge is 0.339 e. The van der Waals surface area contributed by atoms with Crippen LogP contribution in [0.25, 0.3) is 0 Å². The number of rotatable bonds is 10. The fourth-order valence-electron chi connectivity index (χ4n) is 4.45. The molecule has 5 aromatic rings. The standard InChI is InChI=1S/C32H26FNO5S/c33-27-16-18-30(19-17-27)40(36,37)39-28-14-7-9-24(21-28)22-34(23-29-15-8-20-38-29)32(35)31(25-10-3-1-4-11-25)26-12-5-2-6-13-26/h1-21,31H,22-23H2. The van der Waals surface area contributed by atoms with Crippen LogP contribution >= 0.6 is 0 Å². The zero-order valence-corrected chi connectivity index (χ0v) is 22.2. The van der Waals surface area contributed by atoms with Crippen LogP contribution < -0.4 is 4.18 Å². The van der Waals surface area contributed by atoms with Gasteiger partial charge in [0.1, 0.15) is 22.2 Å². The van der Waals surface area contributed by atoms with Gasteiger partial charge in [-0.05, 0) is 65.2 Å². The summed E-state index contributed by atoms with van der Waals surface area (Å²) in [6, 6.07) is 33.6. The predicted molar refractivity (Wildman–Crippen MR) is 148 cm³/mol. The number of carbonyl (C=O) groups is 1. The van der Waals surface area contributed by atoms with Crippen LogP contribution in [0.5, 0.6) is 5.75 Å². The highest BCUT2D eigenvalue weighted by Gasteiger charge is 2.28. The van der Waals surface area contributed by atoms with Crippen LogP contribution in [0.3, 0.4) is 0 Å². The summed E-state index contributed by atoms with van der Waals surface area (Å²) in [6.07, 6.45) is 1.55. The average Bonchev–Trinajstić information content (AvgIpc) is 3.47. The van der Waals surface area contributed by atoms with Gasteiger partial charge in [0, 0.05) is 6.54 Å². The van der Waals surface area contributed by atoms with E-state index in [0.717, 1.165) is 35.4 Å². The predicted octanol–water partition coefficient (Wildman–Crippen LogP) is 6.55. The van der Waals surface area contributed by atoms with Crippen molar-refractivity contribution in [3.63, 3.8) is 0 Å². The van der Waals surface area contributed by atoms with Gasteiger partial charge >= 0.3 is 10.1 Å². The highest BCUT2D eigenvalue weighted by atomic mass is 32.2. The van der Waals surface area contributed by atoms with Gasteiger partial charge in [0.25, 0.3) is 0 Å². The van der Waals surface area contributed by atoms with Gasteiger partial charge in [-0.2, -0.15) is 8.42 Å². The summed E-state index contributed by atoms with van der Waals surface area (Å²) in [6.45, 7) is 0.379. The molecule has 0 aliphatic heterocycles. The second kappa shape index (κ2) is 12.0. The molecule has 1 aromatic heterocycles. The van der Waals surface area contributed by atoms with Crippen molar-refractivity contribution in [1.82, 2.24) is 4.90 Å². The molecule has 6 nitrogen and oxygen atoms in total. The molecular formula is C32H26FNO5S. The maximum atomic E-state index is 14.2.